The molecule has 3 rings (SSSR count). The second-order valence-electron chi connectivity index (χ2n) is 5.92. The summed E-state index contributed by atoms with van der Waals surface area (Å²) in [6.07, 6.45) is 1.69. The summed E-state index contributed by atoms with van der Waals surface area (Å²) in [5, 5.41) is 3.31. The molecule has 1 N–H and O–H groups in total. The predicted octanol–water partition coefficient (Wildman–Crippen LogP) is 3.28. The van der Waals surface area contributed by atoms with Crippen molar-refractivity contribution in [2.45, 2.75) is 6.92 Å². The first-order valence-electron chi connectivity index (χ1n) is 8.22. The number of thiocarbonyl (C=S) groups is 1. The SMILES string of the molecule is COc1cc(OC)c(OC)cc1/C=C1\NC(=S)N(c2cccc(C)c2)C1=O. The van der Waals surface area contributed by atoms with Gasteiger partial charge in [-0.15, -0.1) is 0 Å². The average molecular weight is 384 g/mol. The van der Waals surface area contributed by atoms with Crippen molar-refractivity contribution in [2.75, 3.05) is 26.2 Å². The maximum atomic E-state index is 12.9. The van der Waals surface area contributed by atoms with E-state index in [2.05, 4.69) is 5.32 Å². The maximum absolute atomic E-state index is 12.9. The van der Waals surface area contributed by atoms with Gasteiger partial charge in [-0.05, 0) is 49.0 Å². The number of carbonyl (C=O) groups is 1. The van der Waals surface area contributed by atoms with Gasteiger partial charge in [-0.1, -0.05) is 12.1 Å². The summed E-state index contributed by atoms with van der Waals surface area (Å²) >= 11 is 5.36. The molecule has 1 saturated heterocycles. The molecule has 1 amide bonds. The summed E-state index contributed by atoms with van der Waals surface area (Å²) in [4.78, 5) is 14.4. The van der Waals surface area contributed by atoms with Crippen LogP contribution in [0.2, 0.25) is 0 Å². The van der Waals surface area contributed by atoms with Crippen molar-refractivity contribution in [2.24, 2.45) is 0 Å². The first-order valence-corrected chi connectivity index (χ1v) is 8.63. The van der Waals surface area contributed by atoms with Crippen LogP contribution in [0, 0.1) is 6.92 Å². The van der Waals surface area contributed by atoms with Gasteiger partial charge in [-0.3, -0.25) is 9.69 Å². The highest BCUT2D eigenvalue weighted by Crippen LogP contribution is 2.36. The Labute approximate surface area is 163 Å². The third kappa shape index (κ3) is 3.59. The molecule has 0 saturated carbocycles. The highest BCUT2D eigenvalue weighted by atomic mass is 32.1. The van der Waals surface area contributed by atoms with Crippen molar-refractivity contribution in [1.82, 2.24) is 5.32 Å². The highest BCUT2D eigenvalue weighted by molar-refractivity contribution is 7.80. The largest absolute Gasteiger partial charge is 0.496 e. The minimum absolute atomic E-state index is 0.234. The van der Waals surface area contributed by atoms with Crippen molar-refractivity contribution in [3.8, 4) is 17.2 Å². The Kier molecular flexibility index (Phi) is 5.32. The molecule has 2 aromatic carbocycles. The summed E-state index contributed by atoms with van der Waals surface area (Å²) in [7, 11) is 4.65. The molecule has 1 aliphatic heterocycles. The van der Waals surface area contributed by atoms with Crippen molar-refractivity contribution < 1.29 is 19.0 Å². The first-order chi connectivity index (χ1) is 13.0. The van der Waals surface area contributed by atoms with Gasteiger partial charge < -0.3 is 19.5 Å². The summed E-state index contributed by atoms with van der Waals surface area (Å²) < 4.78 is 16.1. The number of ether oxygens (including phenoxy) is 3. The summed E-state index contributed by atoms with van der Waals surface area (Å²) in [5.74, 6) is 1.39. The van der Waals surface area contributed by atoms with E-state index in [-0.39, 0.29) is 5.91 Å². The molecule has 140 valence electrons. The van der Waals surface area contributed by atoms with Gasteiger partial charge in [-0.2, -0.15) is 0 Å². The topological polar surface area (TPSA) is 60.0 Å². The lowest BCUT2D eigenvalue weighted by atomic mass is 10.1. The highest BCUT2D eigenvalue weighted by Gasteiger charge is 2.32. The number of methoxy groups -OCH3 is 3. The third-order valence-electron chi connectivity index (χ3n) is 4.17. The molecule has 0 radical (unpaired) electrons. The molecule has 0 bridgehead atoms. The van der Waals surface area contributed by atoms with Crippen LogP contribution in [-0.2, 0) is 4.79 Å². The number of carbonyl (C=O) groups excluding carboxylic acids is 1. The van der Waals surface area contributed by atoms with Crippen LogP contribution in [0.25, 0.3) is 6.08 Å². The number of nitrogens with zero attached hydrogens (tertiary/aromatic N) is 1. The summed E-state index contributed by atoms with van der Waals surface area (Å²) in [5.41, 5.74) is 2.79. The van der Waals surface area contributed by atoms with Gasteiger partial charge in [-0.25, -0.2) is 0 Å². The molecule has 0 unspecified atom stereocenters. The molecular weight excluding hydrogens is 364 g/mol. The summed E-state index contributed by atoms with van der Waals surface area (Å²) in [6, 6.07) is 11.1. The Morgan fingerprint density at radius 1 is 1.00 bits per heavy atom. The van der Waals surface area contributed by atoms with Gasteiger partial charge in [0.15, 0.2) is 16.6 Å². The molecule has 0 aliphatic carbocycles. The zero-order valence-corrected chi connectivity index (χ0v) is 16.3. The van der Waals surface area contributed by atoms with E-state index >= 15 is 0 Å². The van der Waals surface area contributed by atoms with E-state index in [1.807, 2.05) is 31.2 Å². The molecule has 7 heteroatoms. The van der Waals surface area contributed by atoms with Gasteiger partial charge in [0.1, 0.15) is 11.4 Å². The Morgan fingerprint density at radius 2 is 1.67 bits per heavy atom. The van der Waals surface area contributed by atoms with Gasteiger partial charge in [0.05, 0.1) is 27.0 Å². The first kappa shape index (κ1) is 18.7. The number of rotatable bonds is 5. The zero-order chi connectivity index (χ0) is 19.6. The lowest BCUT2D eigenvalue weighted by molar-refractivity contribution is -0.113. The van der Waals surface area contributed by atoms with Gasteiger partial charge >= 0.3 is 0 Å². The molecule has 0 spiro atoms. The number of benzene rings is 2. The number of anilines is 1. The number of hydrogen-bond acceptors (Lipinski definition) is 5. The van der Waals surface area contributed by atoms with Crippen molar-refractivity contribution in [1.29, 1.82) is 0 Å². The monoisotopic (exact) mass is 384 g/mol. The van der Waals surface area contributed by atoms with Gasteiger partial charge in [0.2, 0.25) is 0 Å². The third-order valence-corrected chi connectivity index (χ3v) is 4.46. The smallest absolute Gasteiger partial charge is 0.281 e. The Balaban J connectivity index is 2.01. The second kappa shape index (κ2) is 7.67. The molecule has 1 heterocycles. The second-order valence-corrected chi connectivity index (χ2v) is 6.30. The fourth-order valence-corrected chi connectivity index (χ4v) is 3.16. The Hall–Kier alpha value is -3.06. The van der Waals surface area contributed by atoms with Crippen molar-refractivity contribution in [3.05, 3.63) is 53.2 Å². The number of hydrogen-bond donors (Lipinski definition) is 1. The molecule has 0 atom stereocenters. The van der Waals surface area contributed by atoms with Crippen LogP contribution in [0.4, 0.5) is 5.69 Å². The van der Waals surface area contributed by atoms with Crippen LogP contribution in [-0.4, -0.2) is 32.3 Å². The molecule has 0 aromatic heterocycles. The Bertz CT molecular complexity index is 940. The van der Waals surface area contributed by atoms with Crippen LogP contribution >= 0.6 is 12.2 Å². The fourth-order valence-electron chi connectivity index (χ4n) is 2.86. The van der Waals surface area contributed by atoms with Gasteiger partial charge in [0, 0.05) is 11.6 Å². The number of aryl methyl sites for hydroxylation is 1. The van der Waals surface area contributed by atoms with E-state index in [0.29, 0.717) is 33.6 Å². The molecule has 1 fully saturated rings. The average Bonchev–Trinajstić information content (AvgIpc) is 2.94. The van der Waals surface area contributed by atoms with Crippen LogP contribution in [0.5, 0.6) is 17.2 Å². The van der Waals surface area contributed by atoms with Gasteiger partial charge in [0.25, 0.3) is 5.91 Å². The maximum Gasteiger partial charge on any atom is 0.281 e. The van der Waals surface area contributed by atoms with Crippen LogP contribution < -0.4 is 24.4 Å². The fraction of sp³-hybridized carbons (Fsp3) is 0.200. The number of amides is 1. The molecule has 2 aromatic rings. The van der Waals surface area contributed by atoms with Crippen molar-refractivity contribution >= 4 is 35.0 Å². The minimum Gasteiger partial charge on any atom is -0.496 e. The molecule has 27 heavy (non-hydrogen) atoms. The van der Waals surface area contributed by atoms with Crippen LogP contribution in [0.3, 0.4) is 0 Å². The standard InChI is InChI=1S/C20H20N2O4S/c1-12-6-5-7-14(8-12)22-19(23)15(21-20(22)27)9-13-10-17(25-3)18(26-4)11-16(13)24-2/h5-11H,1-4H3,(H,21,27)/b15-9-. The molecule has 1 aliphatic rings. The van der Waals surface area contributed by atoms with Crippen molar-refractivity contribution in [3.63, 3.8) is 0 Å². The molecule has 6 nitrogen and oxygen atoms in total. The zero-order valence-electron chi connectivity index (χ0n) is 15.5. The Morgan fingerprint density at radius 3 is 2.30 bits per heavy atom. The van der Waals surface area contributed by atoms with E-state index < -0.39 is 0 Å². The number of nitrogens with one attached hydrogen (secondary N) is 1. The van der Waals surface area contributed by atoms with Crippen LogP contribution in [0.15, 0.2) is 42.1 Å². The van der Waals surface area contributed by atoms with E-state index in [1.165, 1.54) is 4.90 Å². The summed E-state index contributed by atoms with van der Waals surface area (Å²) in [6.45, 7) is 1.96. The normalized spacial score (nSPS) is 15.1. The van der Waals surface area contributed by atoms with E-state index in [9.17, 15) is 4.79 Å². The lowest BCUT2D eigenvalue weighted by Gasteiger charge is -2.14. The lowest BCUT2D eigenvalue weighted by Crippen LogP contribution is -2.30. The van der Waals surface area contributed by atoms with E-state index in [1.54, 1.807) is 39.5 Å². The van der Waals surface area contributed by atoms with Crippen LogP contribution in [0.1, 0.15) is 11.1 Å². The molecular formula is C20H20N2O4S. The van der Waals surface area contributed by atoms with E-state index in [0.717, 1.165) is 11.3 Å². The van der Waals surface area contributed by atoms with E-state index in [4.69, 9.17) is 26.4 Å². The minimum atomic E-state index is -0.234. The predicted molar refractivity (Wildman–Crippen MR) is 108 cm³/mol. The quantitative estimate of drug-likeness (QED) is 0.631.